The summed E-state index contributed by atoms with van der Waals surface area (Å²) in [6.07, 6.45) is -2.91. The van der Waals surface area contributed by atoms with Gasteiger partial charge in [-0.2, -0.15) is 23.4 Å². The van der Waals surface area contributed by atoms with Crippen LogP contribution in [0.1, 0.15) is 50.6 Å². The van der Waals surface area contributed by atoms with Crippen LogP contribution >= 0.6 is 0 Å². The summed E-state index contributed by atoms with van der Waals surface area (Å²) in [5.41, 5.74) is 0.114. The number of nitrogens with one attached hydrogen (secondary N) is 1. The highest BCUT2D eigenvalue weighted by molar-refractivity contribution is 5.81. The molecule has 0 bridgehead atoms. The number of aryl methyl sites for hydroxylation is 1. The lowest BCUT2D eigenvalue weighted by atomic mass is 10.1. The molecule has 1 atom stereocenters. The van der Waals surface area contributed by atoms with Gasteiger partial charge in [-0.05, 0) is 52.3 Å². The Morgan fingerprint density at radius 3 is 2.32 bits per heavy atom. The molecule has 7 nitrogen and oxygen atoms in total. The van der Waals surface area contributed by atoms with Gasteiger partial charge in [0.05, 0.1) is 39.9 Å². The third-order valence-corrected chi connectivity index (χ3v) is 4.91. The second kappa shape index (κ2) is 7.82. The van der Waals surface area contributed by atoms with Crippen molar-refractivity contribution < 1.29 is 18.0 Å². The number of halogens is 3. The normalized spacial score (nSPS) is 13.4. The maximum Gasteiger partial charge on any atom is 0.416 e. The number of aromatic nitrogens is 4. The van der Waals surface area contributed by atoms with E-state index in [2.05, 4.69) is 15.5 Å². The van der Waals surface area contributed by atoms with E-state index in [0.717, 1.165) is 16.8 Å². The number of amides is 1. The van der Waals surface area contributed by atoms with Crippen molar-refractivity contribution in [2.75, 3.05) is 0 Å². The molecule has 0 saturated heterocycles. The molecule has 0 saturated carbocycles. The van der Waals surface area contributed by atoms with Gasteiger partial charge in [0.15, 0.2) is 0 Å². The molecule has 166 valence electrons. The lowest BCUT2D eigenvalue weighted by Gasteiger charge is -2.20. The molecule has 3 rings (SSSR count). The number of hydrogen-bond acceptors (Lipinski definition) is 4. The maximum atomic E-state index is 12.9. The van der Waals surface area contributed by atoms with E-state index in [1.165, 1.54) is 18.3 Å². The van der Waals surface area contributed by atoms with Crippen molar-refractivity contribution in [3.8, 4) is 0 Å². The van der Waals surface area contributed by atoms with Gasteiger partial charge < -0.3 is 5.32 Å². The van der Waals surface area contributed by atoms with Crippen molar-refractivity contribution in [3.05, 3.63) is 57.6 Å². The van der Waals surface area contributed by atoms with Gasteiger partial charge in [-0.3, -0.25) is 14.3 Å². The quantitative estimate of drug-likeness (QED) is 0.680. The largest absolute Gasteiger partial charge is 0.416 e. The Hall–Kier alpha value is -3.17. The van der Waals surface area contributed by atoms with Gasteiger partial charge in [-0.1, -0.05) is 12.1 Å². The van der Waals surface area contributed by atoms with Crippen molar-refractivity contribution in [1.29, 1.82) is 0 Å². The van der Waals surface area contributed by atoms with E-state index in [9.17, 15) is 22.8 Å². The number of carbonyl (C=O) groups excluding carboxylic acids is 1. The number of benzene rings is 1. The van der Waals surface area contributed by atoms with Crippen molar-refractivity contribution in [2.45, 2.75) is 58.9 Å². The van der Waals surface area contributed by atoms with Gasteiger partial charge in [0, 0.05) is 0 Å². The van der Waals surface area contributed by atoms with Crippen LogP contribution in [0.5, 0.6) is 0 Å². The predicted octanol–water partition coefficient (Wildman–Crippen LogP) is 3.55. The minimum Gasteiger partial charge on any atom is -0.348 e. The number of nitrogens with zero attached hydrogens (tertiary/aromatic N) is 4. The first kappa shape index (κ1) is 22.5. The lowest BCUT2D eigenvalue weighted by molar-refractivity contribution is -0.137. The highest BCUT2D eigenvalue weighted by atomic mass is 19.4. The Balaban J connectivity index is 1.78. The fraction of sp³-hybridized carbons (Fsp3) is 0.429. The number of rotatable bonds is 4. The molecular formula is C21H24F3N5O2. The Kier molecular flexibility index (Phi) is 5.68. The molecule has 0 aliphatic heterocycles. The Morgan fingerprint density at radius 1 is 1.16 bits per heavy atom. The first-order chi connectivity index (χ1) is 14.3. The molecule has 2 aromatic heterocycles. The summed E-state index contributed by atoms with van der Waals surface area (Å²) in [6, 6.07) is 4.02. The van der Waals surface area contributed by atoms with Gasteiger partial charge in [0.1, 0.15) is 6.54 Å². The standard InChI is InChI=1S/C21H24F3N5O2/c1-12(14-6-8-15(9-7-14)21(22,23)24)26-17(30)11-28-19(31)18-13(2)27-29(20(3,4)5)16(18)10-25-28/h6-10,12H,11H2,1-5H3,(H,26,30)/t12-/m0/s1. The molecule has 0 fully saturated rings. The molecular weight excluding hydrogens is 411 g/mol. The third kappa shape index (κ3) is 4.62. The van der Waals surface area contributed by atoms with Gasteiger partial charge in [-0.25, -0.2) is 4.68 Å². The summed E-state index contributed by atoms with van der Waals surface area (Å²) in [4.78, 5) is 25.3. The van der Waals surface area contributed by atoms with Crippen LogP contribution in [0.15, 0.2) is 35.3 Å². The number of fused-ring (bicyclic) bond motifs is 1. The minimum absolute atomic E-state index is 0.320. The molecule has 2 heterocycles. The summed E-state index contributed by atoms with van der Waals surface area (Å²) in [5.74, 6) is -0.484. The highest BCUT2D eigenvalue weighted by Crippen LogP contribution is 2.30. The van der Waals surface area contributed by atoms with Gasteiger partial charge in [0.2, 0.25) is 5.91 Å². The van der Waals surface area contributed by atoms with E-state index in [1.54, 1.807) is 18.5 Å². The first-order valence-corrected chi connectivity index (χ1v) is 9.71. The number of carbonyl (C=O) groups is 1. The zero-order valence-electron chi connectivity index (χ0n) is 17.9. The second-order valence-corrected chi connectivity index (χ2v) is 8.44. The summed E-state index contributed by atoms with van der Waals surface area (Å²) >= 11 is 0. The van der Waals surface area contributed by atoms with Crippen LogP contribution in [0.25, 0.3) is 10.9 Å². The molecule has 10 heteroatoms. The molecule has 1 amide bonds. The van der Waals surface area contributed by atoms with Crippen LogP contribution in [0.2, 0.25) is 0 Å². The van der Waals surface area contributed by atoms with Gasteiger partial charge in [0.25, 0.3) is 5.56 Å². The van der Waals surface area contributed by atoms with Crippen LogP contribution in [0.4, 0.5) is 13.2 Å². The second-order valence-electron chi connectivity index (χ2n) is 8.44. The van der Waals surface area contributed by atoms with E-state index in [4.69, 9.17) is 0 Å². The minimum atomic E-state index is -4.42. The van der Waals surface area contributed by atoms with E-state index >= 15 is 0 Å². The Bertz CT molecular complexity index is 1170. The predicted molar refractivity (Wildman–Crippen MR) is 110 cm³/mol. The molecule has 1 aromatic carbocycles. The fourth-order valence-corrected chi connectivity index (χ4v) is 3.33. The summed E-state index contributed by atoms with van der Waals surface area (Å²) in [6.45, 7) is 8.93. The summed E-state index contributed by atoms with van der Waals surface area (Å²) in [7, 11) is 0. The van der Waals surface area contributed by atoms with Crippen molar-refractivity contribution in [1.82, 2.24) is 24.9 Å². The number of hydrogen-bond donors (Lipinski definition) is 1. The van der Waals surface area contributed by atoms with Crippen LogP contribution in [-0.2, 0) is 23.1 Å². The van der Waals surface area contributed by atoms with E-state index < -0.39 is 29.2 Å². The molecule has 0 aliphatic rings. The molecule has 0 unspecified atom stereocenters. The fourth-order valence-electron chi connectivity index (χ4n) is 3.33. The van der Waals surface area contributed by atoms with Crippen LogP contribution in [-0.4, -0.2) is 25.5 Å². The molecule has 0 radical (unpaired) electrons. The smallest absolute Gasteiger partial charge is 0.348 e. The highest BCUT2D eigenvalue weighted by Gasteiger charge is 2.30. The molecule has 1 N–H and O–H groups in total. The zero-order chi connectivity index (χ0) is 23.1. The van der Waals surface area contributed by atoms with Crippen molar-refractivity contribution in [3.63, 3.8) is 0 Å². The van der Waals surface area contributed by atoms with Gasteiger partial charge in [-0.15, -0.1) is 0 Å². The van der Waals surface area contributed by atoms with Crippen molar-refractivity contribution >= 4 is 16.8 Å². The Morgan fingerprint density at radius 2 is 1.77 bits per heavy atom. The molecule has 31 heavy (non-hydrogen) atoms. The zero-order valence-corrected chi connectivity index (χ0v) is 17.9. The van der Waals surface area contributed by atoms with E-state index in [0.29, 0.717) is 22.2 Å². The van der Waals surface area contributed by atoms with Crippen LogP contribution < -0.4 is 10.9 Å². The number of alkyl halides is 3. The molecule has 3 aromatic rings. The molecule has 0 aliphatic carbocycles. The van der Waals surface area contributed by atoms with Crippen LogP contribution in [0, 0.1) is 6.92 Å². The topological polar surface area (TPSA) is 81.8 Å². The lowest BCUT2D eigenvalue weighted by Crippen LogP contribution is -2.35. The van der Waals surface area contributed by atoms with Gasteiger partial charge >= 0.3 is 6.18 Å². The SMILES string of the molecule is Cc1nn(C(C)(C)C)c2cnn(CC(=O)N[C@@H](C)c3ccc(C(F)(F)F)cc3)c(=O)c12. The van der Waals surface area contributed by atoms with E-state index in [-0.39, 0.29) is 12.1 Å². The third-order valence-electron chi connectivity index (χ3n) is 4.91. The Labute approximate surface area is 176 Å². The average Bonchev–Trinajstić information content (AvgIpc) is 3.01. The average molecular weight is 435 g/mol. The van der Waals surface area contributed by atoms with Crippen LogP contribution in [0.3, 0.4) is 0 Å². The monoisotopic (exact) mass is 435 g/mol. The first-order valence-electron chi connectivity index (χ1n) is 9.71. The van der Waals surface area contributed by atoms with E-state index in [1.807, 2.05) is 20.8 Å². The summed E-state index contributed by atoms with van der Waals surface area (Å²) in [5, 5.41) is 11.6. The summed E-state index contributed by atoms with van der Waals surface area (Å²) < 4.78 is 40.9. The van der Waals surface area contributed by atoms with Crippen molar-refractivity contribution in [2.24, 2.45) is 0 Å². The molecule has 0 spiro atoms. The maximum absolute atomic E-state index is 12.9.